The Kier molecular flexibility index (Phi) is 6.48. The highest BCUT2D eigenvalue weighted by atomic mass is 35.5. The fraction of sp³-hybridized carbons (Fsp3) is 0.375. The molecule has 1 aromatic rings. The summed E-state index contributed by atoms with van der Waals surface area (Å²) in [5, 5.41) is 13.5. The van der Waals surface area contributed by atoms with Crippen LogP contribution in [0.5, 0.6) is 0 Å². The van der Waals surface area contributed by atoms with Gasteiger partial charge in [0.25, 0.3) is 11.8 Å². The summed E-state index contributed by atoms with van der Waals surface area (Å²) < 4.78 is 0. The van der Waals surface area contributed by atoms with E-state index in [1.54, 1.807) is 12.1 Å². The van der Waals surface area contributed by atoms with Crippen molar-refractivity contribution in [1.82, 2.24) is 10.2 Å². The Bertz CT molecular complexity index is 677. The number of hydrogen-bond acceptors (Lipinski definition) is 4. The Morgan fingerprint density at radius 3 is 2.75 bits per heavy atom. The zero-order valence-electron chi connectivity index (χ0n) is 13.0. The zero-order valence-corrected chi connectivity index (χ0v) is 14.5. The van der Waals surface area contributed by atoms with Crippen LogP contribution in [0.2, 0.25) is 10.0 Å². The second kappa shape index (κ2) is 8.37. The number of nitrogens with one attached hydrogen (secondary N) is 1. The molecule has 0 radical (unpaired) electrons. The van der Waals surface area contributed by atoms with Crippen molar-refractivity contribution in [3.63, 3.8) is 0 Å². The fourth-order valence-electron chi connectivity index (χ4n) is 2.43. The van der Waals surface area contributed by atoms with Crippen LogP contribution in [-0.4, -0.2) is 48.0 Å². The van der Waals surface area contributed by atoms with Crippen molar-refractivity contribution < 1.29 is 14.7 Å². The lowest BCUT2D eigenvalue weighted by Gasteiger charge is -2.14. The molecule has 130 valence electrons. The smallest absolute Gasteiger partial charge is 0.289 e. The zero-order chi connectivity index (χ0) is 17.7. The number of aliphatic hydroxyl groups excluding tert-OH is 1. The van der Waals surface area contributed by atoms with Gasteiger partial charge in [-0.05, 0) is 30.5 Å². The second-order valence-electron chi connectivity index (χ2n) is 5.45. The van der Waals surface area contributed by atoms with Crippen LogP contribution in [0.25, 0.3) is 0 Å². The molecule has 4 N–H and O–H groups in total. The number of carbonyl (C=O) groups excluding carboxylic acids is 2. The number of halogens is 2. The molecule has 1 aliphatic heterocycles. The van der Waals surface area contributed by atoms with Crippen molar-refractivity contribution in [2.45, 2.75) is 12.8 Å². The van der Waals surface area contributed by atoms with Crippen molar-refractivity contribution in [2.24, 2.45) is 5.73 Å². The highest BCUT2D eigenvalue weighted by Gasteiger charge is 2.33. The Morgan fingerprint density at radius 2 is 2.08 bits per heavy atom. The summed E-state index contributed by atoms with van der Waals surface area (Å²) in [5.74, 6) is -1.48. The van der Waals surface area contributed by atoms with Gasteiger partial charge in [0.2, 0.25) is 0 Å². The SMILES string of the molecule is NCCN1CC(C(=O)NCCCc2ccc(Cl)c(Cl)c2)=C(O)C1=O. The van der Waals surface area contributed by atoms with E-state index in [4.69, 9.17) is 28.9 Å². The van der Waals surface area contributed by atoms with Crippen molar-refractivity contribution in [1.29, 1.82) is 0 Å². The molecule has 0 unspecified atom stereocenters. The maximum absolute atomic E-state index is 12.1. The van der Waals surface area contributed by atoms with Gasteiger partial charge in [0.05, 0.1) is 22.2 Å². The van der Waals surface area contributed by atoms with Crippen LogP contribution in [-0.2, 0) is 16.0 Å². The standard InChI is InChI=1S/C16H19Cl2N3O3/c17-12-4-3-10(8-13(12)18)2-1-6-20-15(23)11-9-21(7-5-19)16(24)14(11)22/h3-4,8,22H,1-2,5-7,9,19H2,(H,20,23). The lowest BCUT2D eigenvalue weighted by molar-refractivity contribution is -0.127. The number of rotatable bonds is 7. The first-order valence-corrected chi connectivity index (χ1v) is 8.33. The largest absolute Gasteiger partial charge is 0.503 e. The predicted molar refractivity (Wildman–Crippen MR) is 93.1 cm³/mol. The van der Waals surface area contributed by atoms with Crippen molar-refractivity contribution in [3.05, 3.63) is 45.1 Å². The quantitative estimate of drug-likeness (QED) is 0.635. The van der Waals surface area contributed by atoms with Gasteiger partial charge in [-0.1, -0.05) is 29.3 Å². The summed E-state index contributed by atoms with van der Waals surface area (Å²) in [5.41, 5.74) is 6.50. The number of carbonyl (C=O) groups is 2. The van der Waals surface area contributed by atoms with Crippen molar-refractivity contribution >= 4 is 35.0 Å². The highest BCUT2D eigenvalue weighted by Crippen LogP contribution is 2.23. The van der Waals surface area contributed by atoms with Crippen LogP contribution in [0.3, 0.4) is 0 Å². The maximum Gasteiger partial charge on any atom is 0.289 e. The van der Waals surface area contributed by atoms with Crippen LogP contribution >= 0.6 is 23.2 Å². The molecule has 1 aromatic carbocycles. The molecule has 0 atom stereocenters. The molecule has 24 heavy (non-hydrogen) atoms. The highest BCUT2D eigenvalue weighted by molar-refractivity contribution is 6.42. The molecule has 1 aliphatic rings. The van der Waals surface area contributed by atoms with Crippen molar-refractivity contribution in [3.8, 4) is 0 Å². The first kappa shape index (κ1) is 18.6. The summed E-state index contributed by atoms with van der Waals surface area (Å²) >= 11 is 11.8. The second-order valence-corrected chi connectivity index (χ2v) is 6.26. The molecule has 2 rings (SSSR count). The molecule has 0 aromatic heterocycles. The molecule has 0 saturated carbocycles. The van der Waals surface area contributed by atoms with E-state index in [1.165, 1.54) is 4.90 Å². The Hall–Kier alpha value is -1.76. The monoisotopic (exact) mass is 371 g/mol. The number of aryl methyl sites for hydroxylation is 1. The van der Waals surface area contributed by atoms with Gasteiger partial charge in [0.15, 0.2) is 5.76 Å². The van der Waals surface area contributed by atoms with Crippen LogP contribution in [0.15, 0.2) is 29.5 Å². The summed E-state index contributed by atoms with van der Waals surface area (Å²) in [6, 6.07) is 5.40. The molecule has 0 spiro atoms. The van der Waals surface area contributed by atoms with E-state index >= 15 is 0 Å². The van der Waals surface area contributed by atoms with Gasteiger partial charge in [-0.15, -0.1) is 0 Å². The van der Waals surface area contributed by atoms with Gasteiger partial charge in [0, 0.05) is 19.6 Å². The average molecular weight is 372 g/mol. The lowest BCUT2D eigenvalue weighted by Crippen LogP contribution is -2.34. The van der Waals surface area contributed by atoms with Gasteiger partial charge in [-0.2, -0.15) is 0 Å². The van der Waals surface area contributed by atoms with Gasteiger partial charge in [-0.25, -0.2) is 0 Å². The fourth-order valence-corrected chi connectivity index (χ4v) is 2.75. The maximum atomic E-state index is 12.1. The van der Waals surface area contributed by atoms with E-state index < -0.39 is 17.6 Å². The Balaban J connectivity index is 1.81. The van der Waals surface area contributed by atoms with Crippen LogP contribution in [0.1, 0.15) is 12.0 Å². The van der Waals surface area contributed by atoms with Gasteiger partial charge < -0.3 is 21.1 Å². The van der Waals surface area contributed by atoms with E-state index in [9.17, 15) is 14.7 Å². The van der Waals surface area contributed by atoms with Crippen LogP contribution < -0.4 is 11.1 Å². The first-order valence-electron chi connectivity index (χ1n) is 7.57. The molecule has 8 heteroatoms. The number of amides is 2. The van der Waals surface area contributed by atoms with Gasteiger partial charge in [0.1, 0.15) is 0 Å². The van der Waals surface area contributed by atoms with Crippen molar-refractivity contribution in [2.75, 3.05) is 26.2 Å². The molecule has 2 amide bonds. The first-order chi connectivity index (χ1) is 11.4. The van der Waals surface area contributed by atoms with E-state index in [0.717, 1.165) is 12.0 Å². The third kappa shape index (κ3) is 4.41. The normalized spacial score (nSPS) is 14.5. The minimum atomic E-state index is -0.554. The van der Waals surface area contributed by atoms with Crippen LogP contribution in [0, 0.1) is 0 Å². The molecule has 1 heterocycles. The van der Waals surface area contributed by atoms with E-state index in [0.29, 0.717) is 29.6 Å². The topological polar surface area (TPSA) is 95.7 Å². The Labute approximate surface area is 150 Å². The number of aliphatic hydroxyl groups is 1. The summed E-state index contributed by atoms with van der Waals surface area (Å²) in [4.78, 5) is 25.2. The summed E-state index contributed by atoms with van der Waals surface area (Å²) in [6.07, 6.45) is 1.42. The predicted octanol–water partition coefficient (Wildman–Crippen LogP) is 1.66. The Morgan fingerprint density at radius 1 is 1.33 bits per heavy atom. The molecule has 6 nitrogen and oxygen atoms in total. The molecule has 0 fully saturated rings. The number of hydrogen-bond donors (Lipinski definition) is 3. The molecule has 0 bridgehead atoms. The molecule has 0 saturated heterocycles. The molecular weight excluding hydrogens is 353 g/mol. The van der Waals surface area contributed by atoms with Gasteiger partial charge >= 0.3 is 0 Å². The minimum Gasteiger partial charge on any atom is -0.503 e. The van der Waals surface area contributed by atoms with E-state index in [2.05, 4.69) is 5.32 Å². The molecule has 0 aliphatic carbocycles. The summed E-state index contributed by atoms with van der Waals surface area (Å²) in [7, 11) is 0. The summed E-state index contributed by atoms with van der Waals surface area (Å²) in [6.45, 7) is 1.08. The lowest BCUT2D eigenvalue weighted by atomic mass is 10.1. The third-order valence-electron chi connectivity index (χ3n) is 3.71. The van der Waals surface area contributed by atoms with Gasteiger partial charge in [-0.3, -0.25) is 9.59 Å². The minimum absolute atomic E-state index is 0.0838. The average Bonchev–Trinajstić information content (AvgIpc) is 2.83. The number of nitrogens with two attached hydrogens (primary N) is 1. The third-order valence-corrected chi connectivity index (χ3v) is 4.45. The number of benzene rings is 1. The molecular formula is C16H19Cl2N3O3. The van der Waals surface area contributed by atoms with E-state index in [-0.39, 0.29) is 18.7 Å². The van der Waals surface area contributed by atoms with Crippen LogP contribution in [0.4, 0.5) is 0 Å². The number of nitrogens with zero attached hydrogens (tertiary/aromatic N) is 1. The van der Waals surface area contributed by atoms with E-state index in [1.807, 2.05) is 6.07 Å².